The molecule has 248 valence electrons. The normalized spacial score (nSPS) is 40.9. The summed E-state index contributed by atoms with van der Waals surface area (Å²) in [6.07, 6.45) is 5.63. The lowest BCUT2D eigenvalue weighted by Gasteiger charge is -2.65. The minimum Gasteiger partial charge on any atom is -0.393 e. The molecule has 0 heterocycles. The first kappa shape index (κ1) is 33.8. The summed E-state index contributed by atoms with van der Waals surface area (Å²) < 4.78 is 32.3. The molecule has 1 amide bonds. The van der Waals surface area contributed by atoms with Crippen molar-refractivity contribution in [2.45, 2.75) is 110 Å². The second kappa shape index (κ2) is 12.9. The number of aliphatic hydroxyl groups is 3. The molecule has 4 N–H and O–H groups in total. The van der Waals surface area contributed by atoms with Gasteiger partial charge in [-0.05, 0) is 103 Å². The lowest BCUT2D eigenvalue weighted by molar-refractivity contribution is -0.228. The Bertz CT molecular complexity index is 1260. The van der Waals surface area contributed by atoms with Crippen LogP contribution in [0.1, 0.15) is 91.0 Å². The van der Waals surface area contributed by atoms with Gasteiger partial charge in [0.05, 0.1) is 24.1 Å². The summed E-state index contributed by atoms with van der Waals surface area (Å²) in [5.74, 6) is 0.727. The van der Waals surface area contributed by atoms with Crippen LogP contribution in [0.5, 0.6) is 0 Å². The number of hydrogen-bond donors (Lipinski definition) is 4. The SMILES string of the molecule is CCC1C(O)C2C(CC(O)C3(C)C(C(C)CCC(=O)N(CCS(=O)(=O)O)Cc4ccccc4)CCC23)C2(C)CCC(O)CC12. The monoisotopic (exact) mass is 633 g/mol. The molecule has 4 fully saturated rings. The van der Waals surface area contributed by atoms with Crippen LogP contribution in [-0.4, -0.2) is 69.7 Å². The van der Waals surface area contributed by atoms with E-state index in [-0.39, 0.29) is 83.8 Å². The highest BCUT2D eigenvalue weighted by atomic mass is 32.2. The average Bonchev–Trinajstić information content (AvgIpc) is 3.34. The molecule has 12 unspecified atom stereocenters. The van der Waals surface area contributed by atoms with Gasteiger partial charge in [-0.25, -0.2) is 0 Å². The van der Waals surface area contributed by atoms with Gasteiger partial charge in [0.1, 0.15) is 0 Å². The maximum atomic E-state index is 13.5. The number of rotatable bonds is 10. The van der Waals surface area contributed by atoms with Crippen molar-refractivity contribution in [3.8, 4) is 0 Å². The molecule has 1 aromatic rings. The van der Waals surface area contributed by atoms with Gasteiger partial charge in [-0.2, -0.15) is 8.42 Å². The topological polar surface area (TPSA) is 135 Å². The molecule has 8 nitrogen and oxygen atoms in total. The average molecular weight is 634 g/mol. The fourth-order valence-corrected chi connectivity index (χ4v) is 11.4. The molecule has 0 aliphatic heterocycles. The first-order chi connectivity index (χ1) is 20.7. The van der Waals surface area contributed by atoms with Gasteiger partial charge in [0, 0.05) is 19.5 Å². The quantitative estimate of drug-likeness (QED) is 0.269. The molecule has 9 heteroatoms. The zero-order valence-electron chi connectivity index (χ0n) is 27.0. The standard InChI is InChI=1S/C35H55NO7S/c1-5-25-28-19-24(37)15-16-34(28,3)29-20-30(38)35(4)26(12-13-27(35)32(29)33(25)40)22(2)11-14-31(39)36(17-18-44(41,42)43)21-23-9-7-6-8-10-23/h6-10,22,24-30,32-33,37-38,40H,5,11-21H2,1-4H3,(H,41,42,43). The van der Waals surface area contributed by atoms with Crippen LogP contribution in [0.2, 0.25) is 0 Å². The maximum Gasteiger partial charge on any atom is 0.266 e. The fourth-order valence-electron chi connectivity index (χ4n) is 10.9. The number of carbonyl (C=O) groups excluding carboxylic acids is 1. The number of aliphatic hydroxyl groups excluding tert-OH is 3. The first-order valence-electron chi connectivity index (χ1n) is 17.0. The van der Waals surface area contributed by atoms with Crippen molar-refractivity contribution in [2.75, 3.05) is 12.3 Å². The highest BCUT2D eigenvalue weighted by Gasteiger charge is 2.67. The summed E-state index contributed by atoms with van der Waals surface area (Å²) >= 11 is 0. The van der Waals surface area contributed by atoms with Crippen LogP contribution < -0.4 is 0 Å². The summed E-state index contributed by atoms with van der Waals surface area (Å²) in [5, 5.41) is 34.5. The molecule has 0 spiro atoms. The Morgan fingerprint density at radius 3 is 2.39 bits per heavy atom. The summed E-state index contributed by atoms with van der Waals surface area (Å²) in [5.41, 5.74) is 0.552. The van der Waals surface area contributed by atoms with E-state index < -0.39 is 28.1 Å². The van der Waals surface area contributed by atoms with Crippen molar-refractivity contribution in [3.05, 3.63) is 35.9 Å². The fraction of sp³-hybridized carbons (Fsp3) is 0.800. The molecule has 0 aromatic heterocycles. The Kier molecular flexibility index (Phi) is 9.95. The van der Waals surface area contributed by atoms with Crippen LogP contribution in [0, 0.1) is 52.3 Å². The molecule has 0 radical (unpaired) electrons. The zero-order valence-corrected chi connectivity index (χ0v) is 27.8. The Morgan fingerprint density at radius 2 is 1.73 bits per heavy atom. The van der Waals surface area contributed by atoms with E-state index >= 15 is 0 Å². The third kappa shape index (κ3) is 6.25. The van der Waals surface area contributed by atoms with Crippen LogP contribution in [0.25, 0.3) is 0 Å². The van der Waals surface area contributed by atoms with Gasteiger partial charge in [-0.15, -0.1) is 0 Å². The van der Waals surface area contributed by atoms with E-state index in [2.05, 4.69) is 27.7 Å². The number of benzene rings is 1. The van der Waals surface area contributed by atoms with Crippen molar-refractivity contribution < 1.29 is 33.1 Å². The van der Waals surface area contributed by atoms with Gasteiger partial charge >= 0.3 is 0 Å². The molecule has 0 saturated heterocycles. The van der Waals surface area contributed by atoms with E-state index in [1.165, 1.54) is 4.90 Å². The van der Waals surface area contributed by atoms with E-state index in [9.17, 15) is 33.1 Å². The molecule has 4 saturated carbocycles. The summed E-state index contributed by atoms with van der Waals surface area (Å²) in [6, 6.07) is 9.44. The van der Waals surface area contributed by atoms with Crippen LogP contribution in [0.15, 0.2) is 30.3 Å². The van der Waals surface area contributed by atoms with Gasteiger partial charge in [0.2, 0.25) is 5.91 Å². The summed E-state index contributed by atoms with van der Waals surface area (Å²) in [4.78, 5) is 15.0. The second-order valence-corrected chi connectivity index (χ2v) is 16.9. The minimum atomic E-state index is -4.21. The van der Waals surface area contributed by atoms with E-state index in [1.807, 2.05) is 30.3 Å². The first-order valence-corrected chi connectivity index (χ1v) is 18.6. The maximum absolute atomic E-state index is 13.5. The largest absolute Gasteiger partial charge is 0.393 e. The van der Waals surface area contributed by atoms with Crippen molar-refractivity contribution in [1.82, 2.24) is 4.90 Å². The molecule has 4 aliphatic rings. The van der Waals surface area contributed by atoms with Gasteiger partial charge in [-0.1, -0.05) is 64.4 Å². The van der Waals surface area contributed by atoms with E-state index in [0.29, 0.717) is 12.8 Å². The Balaban J connectivity index is 1.31. The number of fused-ring (bicyclic) bond motifs is 5. The van der Waals surface area contributed by atoms with E-state index in [0.717, 1.165) is 44.1 Å². The van der Waals surface area contributed by atoms with Gasteiger partial charge < -0.3 is 20.2 Å². The summed E-state index contributed by atoms with van der Waals surface area (Å²) in [7, 11) is -4.21. The van der Waals surface area contributed by atoms with E-state index in [4.69, 9.17) is 0 Å². The molecule has 44 heavy (non-hydrogen) atoms. The highest BCUT2D eigenvalue weighted by Crippen LogP contribution is 2.69. The van der Waals surface area contributed by atoms with Gasteiger partial charge in [0.25, 0.3) is 10.1 Å². The van der Waals surface area contributed by atoms with Gasteiger partial charge in [0.15, 0.2) is 0 Å². The smallest absolute Gasteiger partial charge is 0.266 e. The molecule has 1 aromatic carbocycles. The van der Waals surface area contributed by atoms with Crippen LogP contribution in [0.3, 0.4) is 0 Å². The lowest BCUT2D eigenvalue weighted by Crippen LogP contribution is -2.65. The van der Waals surface area contributed by atoms with Crippen molar-refractivity contribution in [1.29, 1.82) is 0 Å². The van der Waals surface area contributed by atoms with Crippen LogP contribution >= 0.6 is 0 Å². The molecule has 12 atom stereocenters. The predicted octanol–water partition coefficient (Wildman–Crippen LogP) is 4.92. The molecular weight excluding hydrogens is 578 g/mol. The highest BCUT2D eigenvalue weighted by molar-refractivity contribution is 7.85. The molecule has 5 rings (SSSR count). The van der Waals surface area contributed by atoms with Crippen LogP contribution in [0.4, 0.5) is 0 Å². The third-order valence-corrected chi connectivity index (χ3v) is 14.0. The Labute approximate surface area is 264 Å². The number of amides is 1. The predicted molar refractivity (Wildman–Crippen MR) is 170 cm³/mol. The van der Waals surface area contributed by atoms with Crippen molar-refractivity contribution in [2.24, 2.45) is 52.3 Å². The lowest BCUT2D eigenvalue weighted by atomic mass is 9.41. The molecule has 4 aliphatic carbocycles. The number of nitrogens with zero attached hydrogens (tertiary/aromatic N) is 1. The van der Waals surface area contributed by atoms with Gasteiger partial charge in [-0.3, -0.25) is 9.35 Å². The van der Waals surface area contributed by atoms with E-state index in [1.54, 1.807) is 0 Å². The Hall–Kier alpha value is -1.52. The Morgan fingerprint density at radius 1 is 1.02 bits per heavy atom. The summed E-state index contributed by atoms with van der Waals surface area (Å²) in [6.45, 7) is 9.15. The zero-order chi connectivity index (χ0) is 32.0. The van der Waals surface area contributed by atoms with Crippen LogP contribution in [-0.2, 0) is 21.5 Å². The molecule has 0 bridgehead atoms. The molecular formula is C35H55NO7S. The number of hydrogen-bond acceptors (Lipinski definition) is 6. The number of carbonyl (C=O) groups is 1. The van der Waals surface area contributed by atoms with Crippen molar-refractivity contribution in [3.63, 3.8) is 0 Å². The minimum absolute atomic E-state index is 0.00644. The second-order valence-electron chi connectivity index (χ2n) is 15.3. The third-order valence-electron chi connectivity index (χ3n) is 13.3. The van der Waals surface area contributed by atoms with Crippen molar-refractivity contribution >= 4 is 16.0 Å².